The van der Waals surface area contributed by atoms with Gasteiger partial charge in [0.15, 0.2) is 0 Å². The molecule has 1 heterocycles. The SMILES string of the molecule is COC(=O)[C@@H]1CCCN1C(=O)NN=C(c1ccccc1)c1ccccc1. The minimum absolute atomic E-state index is 0.395. The molecule has 0 bridgehead atoms. The first-order chi connectivity index (χ1) is 12.7. The van der Waals surface area contributed by atoms with Crippen LogP contribution >= 0.6 is 0 Å². The van der Waals surface area contributed by atoms with Gasteiger partial charge in [-0.25, -0.2) is 15.0 Å². The van der Waals surface area contributed by atoms with E-state index in [0.717, 1.165) is 17.5 Å². The second kappa shape index (κ2) is 8.29. The summed E-state index contributed by atoms with van der Waals surface area (Å²) in [5.74, 6) is -0.395. The van der Waals surface area contributed by atoms with Gasteiger partial charge in [0.1, 0.15) is 6.04 Å². The first-order valence-electron chi connectivity index (χ1n) is 8.53. The molecule has 2 aromatic rings. The summed E-state index contributed by atoms with van der Waals surface area (Å²) < 4.78 is 4.78. The van der Waals surface area contributed by atoms with Gasteiger partial charge in [-0.15, -0.1) is 0 Å². The van der Waals surface area contributed by atoms with E-state index in [1.54, 1.807) is 0 Å². The lowest BCUT2D eigenvalue weighted by molar-refractivity contribution is -0.144. The average Bonchev–Trinajstić information content (AvgIpc) is 3.19. The second-order valence-electron chi connectivity index (χ2n) is 5.98. The van der Waals surface area contributed by atoms with Crippen LogP contribution in [0, 0.1) is 0 Å². The van der Waals surface area contributed by atoms with E-state index in [1.165, 1.54) is 12.0 Å². The van der Waals surface area contributed by atoms with Crippen molar-refractivity contribution in [2.24, 2.45) is 5.10 Å². The summed E-state index contributed by atoms with van der Waals surface area (Å²) in [6.07, 6.45) is 1.37. The molecule has 1 aliphatic heterocycles. The van der Waals surface area contributed by atoms with Gasteiger partial charge >= 0.3 is 12.0 Å². The summed E-state index contributed by atoms with van der Waals surface area (Å²) in [5, 5.41) is 4.35. The van der Waals surface area contributed by atoms with Crippen molar-refractivity contribution in [3.63, 3.8) is 0 Å². The van der Waals surface area contributed by atoms with Gasteiger partial charge in [-0.3, -0.25) is 0 Å². The Hall–Kier alpha value is -3.15. The maximum atomic E-state index is 12.5. The molecule has 1 atom stereocenters. The molecule has 0 radical (unpaired) electrons. The van der Waals surface area contributed by atoms with Crippen molar-refractivity contribution in [3.05, 3.63) is 71.8 Å². The van der Waals surface area contributed by atoms with Crippen LogP contribution < -0.4 is 5.43 Å². The lowest BCUT2D eigenvalue weighted by atomic mass is 10.0. The number of carbonyl (C=O) groups excluding carboxylic acids is 2. The summed E-state index contributed by atoms with van der Waals surface area (Å²) >= 11 is 0. The number of hydrogen-bond donors (Lipinski definition) is 1. The van der Waals surface area contributed by atoms with Crippen molar-refractivity contribution in [2.75, 3.05) is 13.7 Å². The van der Waals surface area contributed by atoms with E-state index in [4.69, 9.17) is 4.74 Å². The van der Waals surface area contributed by atoms with E-state index in [9.17, 15) is 9.59 Å². The molecule has 134 valence electrons. The summed E-state index contributed by atoms with van der Waals surface area (Å²) in [6, 6.07) is 18.3. The number of amides is 2. The molecule has 0 spiro atoms. The molecule has 6 nitrogen and oxygen atoms in total. The molecule has 2 amide bonds. The number of carbonyl (C=O) groups is 2. The largest absolute Gasteiger partial charge is 0.467 e. The van der Waals surface area contributed by atoms with E-state index >= 15 is 0 Å². The van der Waals surface area contributed by atoms with Crippen molar-refractivity contribution < 1.29 is 14.3 Å². The zero-order valence-corrected chi connectivity index (χ0v) is 14.6. The van der Waals surface area contributed by atoms with Gasteiger partial charge in [-0.1, -0.05) is 60.7 Å². The molecule has 1 saturated heterocycles. The molecule has 26 heavy (non-hydrogen) atoms. The number of esters is 1. The monoisotopic (exact) mass is 351 g/mol. The van der Waals surface area contributed by atoms with E-state index in [1.807, 2.05) is 60.7 Å². The van der Waals surface area contributed by atoms with Crippen LogP contribution in [0.4, 0.5) is 4.79 Å². The van der Waals surface area contributed by atoms with E-state index in [-0.39, 0.29) is 0 Å². The van der Waals surface area contributed by atoms with Crippen molar-refractivity contribution in [3.8, 4) is 0 Å². The smallest absolute Gasteiger partial charge is 0.338 e. The lowest BCUT2D eigenvalue weighted by Gasteiger charge is -2.21. The topological polar surface area (TPSA) is 71.0 Å². The fourth-order valence-corrected chi connectivity index (χ4v) is 3.05. The third-order valence-electron chi connectivity index (χ3n) is 4.34. The number of hydrazone groups is 1. The molecule has 2 aromatic carbocycles. The number of ether oxygens (including phenoxy) is 1. The van der Waals surface area contributed by atoms with Gasteiger partial charge in [0.05, 0.1) is 12.8 Å². The molecule has 6 heteroatoms. The van der Waals surface area contributed by atoms with Gasteiger partial charge in [-0.05, 0) is 12.8 Å². The van der Waals surface area contributed by atoms with Gasteiger partial charge < -0.3 is 9.64 Å². The highest BCUT2D eigenvalue weighted by atomic mass is 16.5. The molecule has 1 N–H and O–H groups in total. The number of hydrogen-bond acceptors (Lipinski definition) is 4. The first-order valence-corrected chi connectivity index (χ1v) is 8.53. The van der Waals surface area contributed by atoms with Crippen LogP contribution in [0.15, 0.2) is 65.8 Å². The van der Waals surface area contributed by atoms with E-state index in [0.29, 0.717) is 18.7 Å². The van der Waals surface area contributed by atoms with Gasteiger partial charge in [0.25, 0.3) is 0 Å². The molecule has 0 saturated carbocycles. The highest BCUT2D eigenvalue weighted by Gasteiger charge is 2.34. The van der Waals surface area contributed by atoms with Crippen molar-refractivity contribution >= 4 is 17.7 Å². The number of rotatable bonds is 4. The summed E-state index contributed by atoms with van der Waals surface area (Å²) in [5.41, 5.74) is 5.05. The second-order valence-corrected chi connectivity index (χ2v) is 5.98. The van der Waals surface area contributed by atoms with E-state index in [2.05, 4.69) is 10.5 Å². The highest BCUT2D eigenvalue weighted by Crippen LogP contribution is 2.18. The van der Waals surface area contributed by atoms with Crippen LogP contribution in [0.5, 0.6) is 0 Å². The van der Waals surface area contributed by atoms with Gasteiger partial charge in [0.2, 0.25) is 0 Å². The Bertz CT molecular complexity index is 749. The van der Waals surface area contributed by atoms with Crippen LogP contribution in [0.2, 0.25) is 0 Å². The van der Waals surface area contributed by atoms with Crippen molar-refractivity contribution in [2.45, 2.75) is 18.9 Å². The maximum absolute atomic E-state index is 12.5. The van der Waals surface area contributed by atoms with Gasteiger partial charge in [-0.2, -0.15) is 5.10 Å². The Kier molecular flexibility index (Phi) is 5.63. The Morgan fingerprint density at radius 3 is 2.15 bits per heavy atom. The van der Waals surface area contributed by atoms with Crippen molar-refractivity contribution in [1.29, 1.82) is 0 Å². The van der Waals surface area contributed by atoms with Crippen LogP contribution in [0.1, 0.15) is 24.0 Å². The Balaban J connectivity index is 1.83. The minimum Gasteiger partial charge on any atom is -0.467 e. The standard InChI is InChI=1S/C20H21N3O3/c1-26-19(24)17-13-8-14-23(17)20(25)22-21-18(15-9-4-2-5-10-15)16-11-6-3-7-12-16/h2-7,9-12,17H,8,13-14H2,1H3,(H,22,25)/t17-/m0/s1. The summed E-state index contributed by atoms with van der Waals surface area (Å²) in [6.45, 7) is 0.507. The fourth-order valence-electron chi connectivity index (χ4n) is 3.05. The number of nitrogens with one attached hydrogen (secondary N) is 1. The number of likely N-dealkylation sites (tertiary alicyclic amines) is 1. The van der Waals surface area contributed by atoms with Gasteiger partial charge in [0, 0.05) is 17.7 Å². The molecule has 0 aromatic heterocycles. The Morgan fingerprint density at radius 1 is 1.04 bits per heavy atom. The third-order valence-corrected chi connectivity index (χ3v) is 4.34. The predicted octanol–water partition coefficient (Wildman–Crippen LogP) is 2.79. The zero-order valence-electron chi connectivity index (χ0n) is 14.6. The number of methoxy groups -OCH3 is 1. The van der Waals surface area contributed by atoms with Crippen LogP contribution in [-0.4, -0.2) is 42.3 Å². The van der Waals surface area contributed by atoms with Crippen molar-refractivity contribution in [1.82, 2.24) is 10.3 Å². The molecular weight excluding hydrogens is 330 g/mol. The zero-order chi connectivity index (χ0) is 18.4. The molecule has 1 aliphatic rings. The third kappa shape index (κ3) is 3.91. The lowest BCUT2D eigenvalue weighted by Crippen LogP contribution is -2.45. The number of urea groups is 1. The number of benzene rings is 2. The van der Waals surface area contributed by atoms with E-state index < -0.39 is 18.0 Å². The molecule has 0 aliphatic carbocycles. The Labute approximate surface area is 152 Å². The quantitative estimate of drug-likeness (QED) is 0.523. The maximum Gasteiger partial charge on any atom is 0.338 e. The molecule has 3 rings (SSSR count). The van der Waals surface area contributed by atoms with Crippen LogP contribution in [0.3, 0.4) is 0 Å². The predicted molar refractivity (Wildman–Crippen MR) is 98.8 cm³/mol. The first kappa shape index (κ1) is 17.7. The minimum atomic E-state index is -0.549. The number of nitrogens with zero attached hydrogens (tertiary/aromatic N) is 2. The van der Waals surface area contributed by atoms with Crippen LogP contribution in [0.25, 0.3) is 0 Å². The molecule has 0 unspecified atom stereocenters. The highest BCUT2D eigenvalue weighted by molar-refractivity contribution is 6.13. The molecule has 1 fully saturated rings. The Morgan fingerprint density at radius 2 is 1.62 bits per heavy atom. The summed E-state index contributed by atoms with van der Waals surface area (Å²) in [4.78, 5) is 25.8. The average molecular weight is 351 g/mol. The molecular formula is C20H21N3O3. The fraction of sp³-hybridized carbons (Fsp3) is 0.250. The normalized spacial score (nSPS) is 16.0. The summed E-state index contributed by atoms with van der Waals surface area (Å²) in [7, 11) is 1.33. The van der Waals surface area contributed by atoms with Crippen LogP contribution in [-0.2, 0) is 9.53 Å².